The second-order valence-corrected chi connectivity index (χ2v) is 5.40. The van der Waals surface area contributed by atoms with Gasteiger partial charge in [0.25, 0.3) is 0 Å². The largest absolute Gasteiger partial charge is 0.469 e. The smallest absolute Gasteiger partial charge is 0.309 e. The first-order chi connectivity index (χ1) is 9.04. The maximum atomic E-state index is 11.7. The molecule has 1 N–H and O–H groups in total. The summed E-state index contributed by atoms with van der Waals surface area (Å²) in [5, 5.41) is 3.22. The monoisotopic (exact) mass is 301 g/mol. The van der Waals surface area contributed by atoms with E-state index in [1.807, 2.05) is 0 Å². The van der Waals surface area contributed by atoms with Crippen LogP contribution in [0.25, 0.3) is 0 Å². The zero-order valence-electron chi connectivity index (χ0n) is 10.8. The van der Waals surface area contributed by atoms with E-state index in [4.69, 9.17) is 11.6 Å². The van der Waals surface area contributed by atoms with Gasteiger partial charge in [0.1, 0.15) is 0 Å². The number of amides is 1. The number of nitrogens with one attached hydrogen (secondary N) is 1. The zero-order chi connectivity index (χ0) is 14.3. The summed E-state index contributed by atoms with van der Waals surface area (Å²) in [5.74, 6) is 0.187. The molecule has 19 heavy (non-hydrogen) atoms. The van der Waals surface area contributed by atoms with Crippen LogP contribution in [0.2, 0.25) is 5.02 Å². The number of carbonyl (C=O) groups excluding carboxylic acids is 2. The molecular weight excluding hydrogens is 286 g/mol. The molecule has 1 unspecified atom stereocenters. The summed E-state index contributed by atoms with van der Waals surface area (Å²) >= 11 is 7.31. The molecule has 0 heterocycles. The highest BCUT2D eigenvalue weighted by atomic mass is 35.5. The molecule has 0 bridgehead atoms. The van der Waals surface area contributed by atoms with Gasteiger partial charge in [-0.2, -0.15) is 11.8 Å². The average Bonchev–Trinajstić information content (AvgIpc) is 2.40. The highest BCUT2D eigenvalue weighted by Crippen LogP contribution is 2.20. The molecule has 1 aromatic carbocycles. The van der Waals surface area contributed by atoms with Crippen molar-refractivity contribution in [3.8, 4) is 0 Å². The number of methoxy groups -OCH3 is 1. The maximum absolute atomic E-state index is 11.7. The Morgan fingerprint density at radius 3 is 2.74 bits per heavy atom. The topological polar surface area (TPSA) is 55.4 Å². The Morgan fingerprint density at radius 2 is 2.11 bits per heavy atom. The van der Waals surface area contributed by atoms with Crippen molar-refractivity contribution >= 4 is 40.9 Å². The van der Waals surface area contributed by atoms with Crippen LogP contribution in [0.4, 0.5) is 5.69 Å². The third-order valence-electron chi connectivity index (χ3n) is 2.35. The number of hydrogen-bond acceptors (Lipinski definition) is 4. The Bertz CT molecular complexity index is 453. The van der Waals surface area contributed by atoms with E-state index in [1.54, 1.807) is 31.2 Å². The van der Waals surface area contributed by atoms with E-state index in [0.29, 0.717) is 16.5 Å². The number of thioether (sulfide) groups is 1. The van der Waals surface area contributed by atoms with E-state index in [0.717, 1.165) is 0 Å². The van der Waals surface area contributed by atoms with E-state index >= 15 is 0 Å². The number of halogens is 1. The molecule has 0 saturated heterocycles. The van der Waals surface area contributed by atoms with Gasteiger partial charge in [0.2, 0.25) is 5.91 Å². The van der Waals surface area contributed by atoms with Crippen molar-refractivity contribution in [1.29, 1.82) is 0 Å². The van der Waals surface area contributed by atoms with Crippen LogP contribution < -0.4 is 5.32 Å². The average molecular weight is 302 g/mol. The fourth-order valence-electron chi connectivity index (χ4n) is 1.35. The summed E-state index contributed by atoms with van der Waals surface area (Å²) < 4.78 is 4.61. The van der Waals surface area contributed by atoms with E-state index < -0.39 is 0 Å². The molecule has 0 aromatic heterocycles. The molecule has 0 saturated carbocycles. The normalized spacial score (nSPS) is 11.7. The molecule has 6 heteroatoms. The molecule has 0 aliphatic carbocycles. The molecular formula is C13H16ClNO3S. The van der Waals surface area contributed by atoms with Crippen molar-refractivity contribution in [3.63, 3.8) is 0 Å². The van der Waals surface area contributed by atoms with Crippen molar-refractivity contribution in [2.24, 2.45) is 5.92 Å². The van der Waals surface area contributed by atoms with Gasteiger partial charge in [0, 0.05) is 5.75 Å². The van der Waals surface area contributed by atoms with E-state index in [2.05, 4.69) is 10.1 Å². The second kappa shape index (κ2) is 8.07. The lowest BCUT2D eigenvalue weighted by Gasteiger charge is -2.09. The Kier molecular flexibility index (Phi) is 6.73. The minimum atomic E-state index is -0.265. The van der Waals surface area contributed by atoms with Crippen LogP contribution in [-0.2, 0) is 14.3 Å². The fraction of sp³-hybridized carbons (Fsp3) is 0.385. The molecule has 1 atom stereocenters. The molecule has 4 nitrogen and oxygen atoms in total. The van der Waals surface area contributed by atoms with Crippen molar-refractivity contribution in [2.45, 2.75) is 6.92 Å². The Labute approximate surface area is 121 Å². The molecule has 0 spiro atoms. The number of anilines is 1. The lowest BCUT2D eigenvalue weighted by Crippen LogP contribution is -2.18. The highest BCUT2D eigenvalue weighted by Gasteiger charge is 2.14. The Hall–Kier alpha value is -1.20. The summed E-state index contributed by atoms with van der Waals surface area (Å²) in [6.07, 6.45) is 0. The quantitative estimate of drug-likeness (QED) is 0.821. The van der Waals surface area contributed by atoms with Crippen LogP contribution in [0.15, 0.2) is 24.3 Å². The first-order valence-electron chi connectivity index (χ1n) is 5.74. The first kappa shape index (κ1) is 15.9. The van der Waals surface area contributed by atoms with Gasteiger partial charge in [-0.1, -0.05) is 30.7 Å². The standard InChI is InChI=1S/C13H16ClNO3S/c1-9(13(17)18-2)7-19-8-12(16)15-11-6-4-3-5-10(11)14/h3-6,9H,7-8H2,1-2H3,(H,15,16). The van der Waals surface area contributed by atoms with E-state index in [-0.39, 0.29) is 23.5 Å². The number of rotatable bonds is 6. The molecule has 0 fully saturated rings. The Balaban J connectivity index is 2.33. The van der Waals surface area contributed by atoms with Gasteiger partial charge < -0.3 is 10.1 Å². The van der Waals surface area contributed by atoms with Crippen molar-refractivity contribution in [3.05, 3.63) is 29.3 Å². The van der Waals surface area contributed by atoms with Gasteiger partial charge in [0.15, 0.2) is 0 Å². The van der Waals surface area contributed by atoms with Gasteiger partial charge in [-0.25, -0.2) is 0 Å². The summed E-state index contributed by atoms with van der Waals surface area (Å²) in [7, 11) is 1.35. The number of para-hydroxylation sites is 1. The molecule has 104 valence electrons. The predicted molar refractivity (Wildman–Crippen MR) is 78.6 cm³/mol. The van der Waals surface area contributed by atoms with E-state index in [1.165, 1.54) is 18.9 Å². The van der Waals surface area contributed by atoms with Crippen LogP contribution in [0.3, 0.4) is 0 Å². The molecule has 1 rings (SSSR count). The summed E-state index contributed by atoms with van der Waals surface area (Å²) in [6, 6.07) is 7.05. The minimum absolute atomic E-state index is 0.143. The van der Waals surface area contributed by atoms with Gasteiger partial charge >= 0.3 is 5.97 Å². The zero-order valence-corrected chi connectivity index (χ0v) is 12.4. The lowest BCUT2D eigenvalue weighted by atomic mass is 10.2. The lowest BCUT2D eigenvalue weighted by molar-refractivity contribution is -0.144. The van der Waals surface area contributed by atoms with Gasteiger partial charge in [-0.05, 0) is 12.1 Å². The van der Waals surface area contributed by atoms with Crippen molar-refractivity contribution in [1.82, 2.24) is 0 Å². The van der Waals surface area contributed by atoms with Crippen LogP contribution in [0.5, 0.6) is 0 Å². The maximum Gasteiger partial charge on any atom is 0.309 e. The van der Waals surface area contributed by atoms with Crippen LogP contribution >= 0.6 is 23.4 Å². The number of esters is 1. The number of benzene rings is 1. The molecule has 0 aliphatic heterocycles. The van der Waals surface area contributed by atoms with Gasteiger partial charge in [-0.15, -0.1) is 0 Å². The summed E-state index contributed by atoms with van der Waals surface area (Å²) in [4.78, 5) is 22.8. The molecule has 0 aliphatic rings. The Morgan fingerprint density at radius 1 is 1.42 bits per heavy atom. The predicted octanol–water partition coefficient (Wildman–Crippen LogP) is 2.82. The van der Waals surface area contributed by atoms with Crippen LogP contribution in [0.1, 0.15) is 6.92 Å². The van der Waals surface area contributed by atoms with Crippen molar-refractivity contribution < 1.29 is 14.3 Å². The number of carbonyl (C=O) groups is 2. The minimum Gasteiger partial charge on any atom is -0.469 e. The molecule has 1 amide bonds. The van der Waals surface area contributed by atoms with E-state index in [9.17, 15) is 9.59 Å². The number of hydrogen-bond donors (Lipinski definition) is 1. The fourth-order valence-corrected chi connectivity index (χ4v) is 2.39. The summed E-state index contributed by atoms with van der Waals surface area (Å²) in [6.45, 7) is 1.77. The van der Waals surface area contributed by atoms with Crippen LogP contribution in [-0.4, -0.2) is 30.5 Å². The SMILES string of the molecule is COC(=O)C(C)CSCC(=O)Nc1ccccc1Cl. The summed E-state index contributed by atoms with van der Waals surface area (Å²) in [5.41, 5.74) is 0.593. The molecule has 1 aromatic rings. The number of ether oxygens (including phenoxy) is 1. The molecule has 0 radical (unpaired) electrons. The van der Waals surface area contributed by atoms with Gasteiger partial charge in [-0.3, -0.25) is 9.59 Å². The van der Waals surface area contributed by atoms with Crippen LogP contribution in [0, 0.1) is 5.92 Å². The van der Waals surface area contributed by atoms with Gasteiger partial charge in [0.05, 0.1) is 29.5 Å². The third kappa shape index (κ3) is 5.53. The van der Waals surface area contributed by atoms with Crippen molar-refractivity contribution in [2.75, 3.05) is 23.9 Å². The first-order valence-corrected chi connectivity index (χ1v) is 7.27. The third-order valence-corrected chi connectivity index (χ3v) is 3.88. The highest BCUT2D eigenvalue weighted by molar-refractivity contribution is 8.00. The second-order valence-electron chi connectivity index (χ2n) is 3.97.